The Bertz CT molecular complexity index is 779. The van der Waals surface area contributed by atoms with Crippen LogP contribution in [0.3, 0.4) is 0 Å². The smallest absolute Gasteiger partial charge is 0.223 e. The topological polar surface area (TPSA) is 51.0 Å². The SMILES string of the molecule is CC(C)C[C@H]1c2nc(C3CC3)nn2CCN1C(=O)CCCc1ccccc1. The van der Waals surface area contributed by atoms with Crippen LogP contribution in [0.25, 0.3) is 0 Å². The lowest BCUT2D eigenvalue weighted by atomic mass is 9.99. The Labute approximate surface area is 161 Å². The fourth-order valence-electron chi connectivity index (χ4n) is 4.01. The molecule has 1 aliphatic heterocycles. The number of carbonyl (C=O) groups excluding carboxylic acids is 1. The first-order valence-corrected chi connectivity index (χ1v) is 10.4. The Morgan fingerprint density at radius 3 is 2.67 bits per heavy atom. The number of carbonyl (C=O) groups is 1. The molecule has 0 unspecified atom stereocenters. The minimum Gasteiger partial charge on any atom is -0.331 e. The van der Waals surface area contributed by atoms with Crippen LogP contribution in [-0.2, 0) is 17.8 Å². The highest BCUT2D eigenvalue weighted by atomic mass is 16.2. The molecule has 0 spiro atoms. The Morgan fingerprint density at radius 1 is 1.19 bits per heavy atom. The van der Waals surface area contributed by atoms with Crippen molar-refractivity contribution >= 4 is 5.91 Å². The summed E-state index contributed by atoms with van der Waals surface area (Å²) in [4.78, 5) is 20.0. The molecule has 4 rings (SSSR count). The van der Waals surface area contributed by atoms with Gasteiger partial charge in [-0.15, -0.1) is 0 Å². The van der Waals surface area contributed by atoms with Crippen molar-refractivity contribution in [2.45, 2.75) is 70.9 Å². The van der Waals surface area contributed by atoms with Gasteiger partial charge in [-0.2, -0.15) is 5.10 Å². The predicted octanol–water partition coefficient (Wildman–Crippen LogP) is 4.11. The number of hydrogen-bond acceptors (Lipinski definition) is 3. The van der Waals surface area contributed by atoms with Gasteiger partial charge >= 0.3 is 0 Å². The van der Waals surface area contributed by atoms with E-state index in [4.69, 9.17) is 10.1 Å². The van der Waals surface area contributed by atoms with Crippen LogP contribution in [0.4, 0.5) is 0 Å². The van der Waals surface area contributed by atoms with Gasteiger partial charge in [-0.05, 0) is 43.6 Å². The molecule has 1 aliphatic carbocycles. The number of aromatic nitrogens is 3. The van der Waals surface area contributed by atoms with Crippen molar-refractivity contribution in [3.8, 4) is 0 Å². The summed E-state index contributed by atoms with van der Waals surface area (Å²) in [6.45, 7) is 5.96. The van der Waals surface area contributed by atoms with Crippen LogP contribution >= 0.6 is 0 Å². The molecule has 5 nitrogen and oxygen atoms in total. The molecule has 1 aromatic carbocycles. The minimum absolute atomic E-state index is 0.0722. The standard InChI is InChI=1S/C22H30N4O/c1-16(2)15-19-22-23-21(18-11-12-18)24-26(22)14-13-25(19)20(27)10-6-9-17-7-4-3-5-8-17/h3-5,7-8,16,18-19H,6,9-15H2,1-2H3/t19-/m0/s1. The van der Waals surface area contributed by atoms with Crippen molar-refractivity contribution in [2.75, 3.05) is 6.54 Å². The Balaban J connectivity index is 1.44. The van der Waals surface area contributed by atoms with Gasteiger partial charge in [0.1, 0.15) is 5.82 Å². The van der Waals surface area contributed by atoms with E-state index >= 15 is 0 Å². The van der Waals surface area contributed by atoms with Gasteiger partial charge in [-0.25, -0.2) is 9.67 Å². The van der Waals surface area contributed by atoms with E-state index in [0.717, 1.165) is 44.0 Å². The van der Waals surface area contributed by atoms with Gasteiger partial charge in [0.2, 0.25) is 5.91 Å². The minimum atomic E-state index is 0.0722. The zero-order chi connectivity index (χ0) is 18.8. The van der Waals surface area contributed by atoms with E-state index in [-0.39, 0.29) is 11.9 Å². The van der Waals surface area contributed by atoms with Gasteiger partial charge in [0.15, 0.2) is 5.82 Å². The van der Waals surface area contributed by atoms with Crippen LogP contribution < -0.4 is 0 Å². The fourth-order valence-corrected chi connectivity index (χ4v) is 4.01. The number of amides is 1. The van der Waals surface area contributed by atoms with E-state index in [0.29, 0.717) is 18.3 Å². The lowest BCUT2D eigenvalue weighted by Crippen LogP contribution is -2.43. The quantitative estimate of drug-likeness (QED) is 0.741. The average molecular weight is 367 g/mol. The number of nitrogens with zero attached hydrogens (tertiary/aromatic N) is 4. The number of rotatable bonds is 7. The molecule has 5 heteroatoms. The Hall–Kier alpha value is -2.17. The van der Waals surface area contributed by atoms with Crippen molar-refractivity contribution in [2.24, 2.45) is 5.92 Å². The number of hydrogen-bond donors (Lipinski definition) is 0. The molecule has 1 amide bonds. The van der Waals surface area contributed by atoms with E-state index in [1.54, 1.807) is 0 Å². The predicted molar refractivity (Wildman–Crippen MR) is 105 cm³/mol. The summed E-state index contributed by atoms with van der Waals surface area (Å²) < 4.78 is 2.06. The van der Waals surface area contributed by atoms with Crippen molar-refractivity contribution in [1.29, 1.82) is 0 Å². The second kappa shape index (κ2) is 7.83. The highest BCUT2D eigenvalue weighted by Crippen LogP contribution is 2.40. The van der Waals surface area contributed by atoms with Crippen LogP contribution in [0.5, 0.6) is 0 Å². The molecular formula is C22H30N4O. The summed E-state index contributed by atoms with van der Waals surface area (Å²) in [6, 6.07) is 10.5. The molecule has 27 heavy (non-hydrogen) atoms. The molecule has 0 radical (unpaired) electrons. The third-order valence-corrected chi connectivity index (χ3v) is 5.60. The molecular weight excluding hydrogens is 336 g/mol. The summed E-state index contributed by atoms with van der Waals surface area (Å²) in [5.74, 6) is 3.34. The van der Waals surface area contributed by atoms with Gasteiger partial charge in [0, 0.05) is 18.9 Å². The van der Waals surface area contributed by atoms with Crippen LogP contribution in [0.2, 0.25) is 0 Å². The van der Waals surface area contributed by atoms with Gasteiger partial charge in [0.25, 0.3) is 0 Å². The highest BCUT2D eigenvalue weighted by Gasteiger charge is 2.36. The summed E-state index contributed by atoms with van der Waals surface area (Å²) >= 11 is 0. The molecule has 1 aromatic heterocycles. The highest BCUT2D eigenvalue weighted by molar-refractivity contribution is 5.76. The van der Waals surface area contributed by atoms with Gasteiger partial charge in [0.05, 0.1) is 12.6 Å². The summed E-state index contributed by atoms with van der Waals surface area (Å²) in [6.07, 6.45) is 5.83. The molecule has 1 saturated carbocycles. The second-order valence-electron chi connectivity index (χ2n) is 8.40. The van der Waals surface area contributed by atoms with E-state index in [2.05, 4.69) is 47.7 Å². The monoisotopic (exact) mass is 366 g/mol. The molecule has 2 aliphatic rings. The first kappa shape index (κ1) is 18.2. The zero-order valence-corrected chi connectivity index (χ0v) is 16.5. The van der Waals surface area contributed by atoms with E-state index in [1.807, 2.05) is 6.07 Å². The molecule has 0 N–H and O–H groups in total. The van der Waals surface area contributed by atoms with Crippen LogP contribution in [-0.4, -0.2) is 32.1 Å². The average Bonchev–Trinajstić information content (AvgIpc) is 3.41. The molecule has 0 bridgehead atoms. The van der Waals surface area contributed by atoms with Gasteiger partial charge in [-0.3, -0.25) is 4.79 Å². The van der Waals surface area contributed by atoms with Crippen LogP contribution in [0, 0.1) is 5.92 Å². The fraction of sp³-hybridized carbons (Fsp3) is 0.591. The third kappa shape index (κ3) is 4.23. The first-order valence-electron chi connectivity index (χ1n) is 10.4. The molecule has 0 saturated heterocycles. The molecule has 2 heterocycles. The Kier molecular flexibility index (Phi) is 5.28. The lowest BCUT2D eigenvalue weighted by Gasteiger charge is -2.36. The van der Waals surface area contributed by atoms with Gasteiger partial charge in [-0.1, -0.05) is 44.2 Å². The maximum absolute atomic E-state index is 13.0. The molecule has 1 fully saturated rings. The van der Waals surface area contributed by atoms with Crippen molar-refractivity contribution in [1.82, 2.24) is 19.7 Å². The zero-order valence-electron chi connectivity index (χ0n) is 16.5. The van der Waals surface area contributed by atoms with Crippen molar-refractivity contribution < 1.29 is 4.79 Å². The third-order valence-electron chi connectivity index (χ3n) is 5.60. The van der Waals surface area contributed by atoms with Crippen molar-refractivity contribution in [3.05, 3.63) is 47.5 Å². The normalized spacial score (nSPS) is 19.4. The molecule has 2 aromatic rings. The summed E-state index contributed by atoms with van der Waals surface area (Å²) in [5, 5.41) is 4.73. The summed E-state index contributed by atoms with van der Waals surface area (Å²) in [7, 11) is 0. The van der Waals surface area contributed by atoms with E-state index in [1.165, 1.54) is 18.4 Å². The number of fused-ring (bicyclic) bond motifs is 1. The number of aryl methyl sites for hydroxylation is 1. The van der Waals surface area contributed by atoms with E-state index < -0.39 is 0 Å². The molecule has 1 atom stereocenters. The maximum Gasteiger partial charge on any atom is 0.223 e. The summed E-state index contributed by atoms with van der Waals surface area (Å²) in [5.41, 5.74) is 1.30. The lowest BCUT2D eigenvalue weighted by molar-refractivity contribution is -0.135. The number of benzene rings is 1. The molecule has 144 valence electrons. The van der Waals surface area contributed by atoms with E-state index in [9.17, 15) is 4.79 Å². The van der Waals surface area contributed by atoms with Gasteiger partial charge < -0.3 is 4.90 Å². The maximum atomic E-state index is 13.0. The first-order chi connectivity index (χ1) is 13.1. The van der Waals surface area contributed by atoms with Crippen LogP contribution in [0.1, 0.15) is 75.1 Å². The van der Waals surface area contributed by atoms with Crippen molar-refractivity contribution in [3.63, 3.8) is 0 Å². The van der Waals surface area contributed by atoms with Crippen LogP contribution in [0.15, 0.2) is 30.3 Å². The largest absolute Gasteiger partial charge is 0.331 e. The second-order valence-corrected chi connectivity index (χ2v) is 8.40. The Morgan fingerprint density at radius 2 is 1.96 bits per heavy atom.